The van der Waals surface area contributed by atoms with Crippen molar-refractivity contribution in [2.24, 2.45) is 16.3 Å². The van der Waals surface area contributed by atoms with Crippen molar-refractivity contribution in [3.05, 3.63) is 22.4 Å². The number of carbonyl (C=O) groups is 1. The highest BCUT2D eigenvalue weighted by Crippen LogP contribution is 2.41. The van der Waals surface area contributed by atoms with Crippen molar-refractivity contribution < 1.29 is 10.0 Å². The summed E-state index contributed by atoms with van der Waals surface area (Å²) in [6, 6.07) is 1.96. The van der Waals surface area contributed by atoms with Crippen LogP contribution in [0.15, 0.2) is 22.0 Å². The molecule has 1 saturated carbocycles. The average molecular weight is 253 g/mol. The summed E-state index contributed by atoms with van der Waals surface area (Å²) in [5.41, 5.74) is 5.88. The predicted molar refractivity (Wildman–Crippen MR) is 65.9 cm³/mol. The lowest BCUT2D eigenvalue weighted by Crippen LogP contribution is -2.53. The standard InChI is InChI=1S/C11H15N3O2S/c12-9(14-16)11(3-1-4-11)10(15)13-6-8-2-5-17-7-8/h2,5,7,16H,1,3-4,6H2,(H2,12,14)(H,13,15). The minimum absolute atomic E-state index is 0.0200. The van der Waals surface area contributed by atoms with Crippen LogP contribution in [-0.4, -0.2) is 17.0 Å². The Kier molecular flexibility index (Phi) is 3.33. The molecule has 0 radical (unpaired) electrons. The molecule has 1 fully saturated rings. The van der Waals surface area contributed by atoms with Gasteiger partial charge in [0.1, 0.15) is 5.41 Å². The summed E-state index contributed by atoms with van der Waals surface area (Å²) < 4.78 is 0. The number of hydrogen-bond acceptors (Lipinski definition) is 4. The molecule has 1 heterocycles. The van der Waals surface area contributed by atoms with Gasteiger partial charge < -0.3 is 16.3 Å². The van der Waals surface area contributed by atoms with E-state index in [-0.39, 0.29) is 11.7 Å². The minimum Gasteiger partial charge on any atom is -0.409 e. The Labute approximate surface area is 103 Å². The molecule has 0 unspecified atom stereocenters. The Bertz CT molecular complexity index is 424. The van der Waals surface area contributed by atoms with Gasteiger partial charge in [0.2, 0.25) is 5.91 Å². The monoisotopic (exact) mass is 253 g/mol. The highest BCUT2D eigenvalue weighted by molar-refractivity contribution is 7.07. The molecule has 4 N–H and O–H groups in total. The fourth-order valence-electron chi connectivity index (χ4n) is 1.97. The molecule has 17 heavy (non-hydrogen) atoms. The van der Waals surface area contributed by atoms with Crippen LogP contribution in [0.4, 0.5) is 0 Å². The summed E-state index contributed by atoms with van der Waals surface area (Å²) in [6.07, 6.45) is 2.23. The van der Waals surface area contributed by atoms with E-state index in [0.29, 0.717) is 19.4 Å². The third kappa shape index (κ3) is 2.12. The van der Waals surface area contributed by atoms with Crippen LogP contribution < -0.4 is 11.1 Å². The SMILES string of the molecule is N/C(=N/O)C1(C(=O)NCc2ccsc2)CCC1. The van der Waals surface area contributed by atoms with Gasteiger partial charge in [0.25, 0.3) is 0 Å². The zero-order valence-corrected chi connectivity index (χ0v) is 10.2. The van der Waals surface area contributed by atoms with Gasteiger partial charge in [-0.05, 0) is 35.2 Å². The molecule has 0 aliphatic heterocycles. The van der Waals surface area contributed by atoms with E-state index >= 15 is 0 Å². The third-order valence-electron chi connectivity index (χ3n) is 3.27. The lowest BCUT2D eigenvalue weighted by atomic mass is 9.67. The molecule has 1 amide bonds. The van der Waals surface area contributed by atoms with E-state index in [1.807, 2.05) is 16.8 Å². The molecule has 5 nitrogen and oxygen atoms in total. The Morgan fingerprint density at radius 2 is 2.41 bits per heavy atom. The van der Waals surface area contributed by atoms with Crippen LogP contribution in [0.1, 0.15) is 24.8 Å². The molecule has 0 spiro atoms. The van der Waals surface area contributed by atoms with E-state index in [1.165, 1.54) is 0 Å². The summed E-state index contributed by atoms with van der Waals surface area (Å²) in [6.45, 7) is 0.489. The molecule has 1 aromatic heterocycles. The fourth-order valence-corrected chi connectivity index (χ4v) is 2.64. The number of nitrogens with two attached hydrogens (primary N) is 1. The Morgan fingerprint density at radius 1 is 1.65 bits per heavy atom. The number of amidine groups is 1. The zero-order chi connectivity index (χ0) is 12.3. The average Bonchev–Trinajstić information content (AvgIpc) is 2.77. The number of oxime groups is 1. The largest absolute Gasteiger partial charge is 0.409 e. The summed E-state index contributed by atoms with van der Waals surface area (Å²) in [7, 11) is 0. The molecule has 0 saturated heterocycles. The van der Waals surface area contributed by atoms with Crippen molar-refractivity contribution >= 4 is 23.1 Å². The van der Waals surface area contributed by atoms with E-state index in [1.54, 1.807) is 11.3 Å². The quantitative estimate of drug-likeness (QED) is 0.327. The second kappa shape index (κ2) is 4.75. The molecule has 0 bridgehead atoms. The Morgan fingerprint density at radius 3 is 2.88 bits per heavy atom. The lowest BCUT2D eigenvalue weighted by Gasteiger charge is -2.38. The first-order chi connectivity index (χ1) is 8.19. The van der Waals surface area contributed by atoms with Gasteiger partial charge in [-0.1, -0.05) is 11.6 Å². The smallest absolute Gasteiger partial charge is 0.234 e. The molecule has 1 aliphatic rings. The van der Waals surface area contributed by atoms with Crippen molar-refractivity contribution in [1.29, 1.82) is 0 Å². The number of rotatable bonds is 4. The molecule has 0 aromatic carbocycles. The topological polar surface area (TPSA) is 87.7 Å². The minimum atomic E-state index is -0.787. The number of thiophene rings is 1. The number of nitrogens with zero attached hydrogens (tertiary/aromatic N) is 1. The highest BCUT2D eigenvalue weighted by Gasteiger charge is 2.48. The first-order valence-corrected chi connectivity index (χ1v) is 6.41. The Balaban J connectivity index is 1.99. The van der Waals surface area contributed by atoms with Gasteiger partial charge in [0, 0.05) is 6.54 Å². The highest BCUT2D eigenvalue weighted by atomic mass is 32.1. The van der Waals surface area contributed by atoms with Crippen LogP contribution in [0.2, 0.25) is 0 Å². The van der Waals surface area contributed by atoms with Crippen molar-refractivity contribution in [3.8, 4) is 0 Å². The Hall–Kier alpha value is -1.56. The molecular formula is C11H15N3O2S. The normalized spacial score (nSPS) is 18.5. The maximum Gasteiger partial charge on any atom is 0.234 e. The van der Waals surface area contributed by atoms with E-state index in [9.17, 15) is 4.79 Å². The molecular weight excluding hydrogens is 238 g/mol. The van der Waals surface area contributed by atoms with Gasteiger partial charge in [-0.3, -0.25) is 4.79 Å². The van der Waals surface area contributed by atoms with Gasteiger partial charge >= 0.3 is 0 Å². The van der Waals surface area contributed by atoms with E-state index < -0.39 is 5.41 Å². The summed E-state index contributed by atoms with van der Waals surface area (Å²) in [5.74, 6) is -0.128. The zero-order valence-electron chi connectivity index (χ0n) is 9.35. The van der Waals surface area contributed by atoms with Gasteiger partial charge in [0.05, 0.1) is 0 Å². The molecule has 1 aliphatic carbocycles. The molecule has 0 atom stereocenters. The first kappa shape index (κ1) is 11.9. The number of carbonyl (C=O) groups excluding carboxylic acids is 1. The van der Waals surface area contributed by atoms with Crippen LogP contribution in [0.3, 0.4) is 0 Å². The second-order valence-corrected chi connectivity index (χ2v) is 5.02. The summed E-state index contributed by atoms with van der Waals surface area (Å²) in [5, 5.41) is 18.5. The number of nitrogens with one attached hydrogen (secondary N) is 1. The molecule has 92 valence electrons. The fraction of sp³-hybridized carbons (Fsp3) is 0.455. The van der Waals surface area contributed by atoms with E-state index in [2.05, 4.69) is 10.5 Å². The lowest BCUT2D eigenvalue weighted by molar-refractivity contribution is -0.131. The number of amides is 1. The van der Waals surface area contributed by atoms with Crippen molar-refractivity contribution in [2.75, 3.05) is 0 Å². The number of hydrogen-bond donors (Lipinski definition) is 3. The van der Waals surface area contributed by atoms with E-state index in [0.717, 1.165) is 12.0 Å². The molecule has 1 aromatic rings. The summed E-state index contributed by atoms with van der Waals surface area (Å²) in [4.78, 5) is 12.1. The van der Waals surface area contributed by atoms with Crippen LogP contribution in [0.25, 0.3) is 0 Å². The van der Waals surface area contributed by atoms with Gasteiger partial charge in [-0.15, -0.1) is 0 Å². The van der Waals surface area contributed by atoms with Crippen molar-refractivity contribution in [3.63, 3.8) is 0 Å². The summed E-state index contributed by atoms with van der Waals surface area (Å²) >= 11 is 1.59. The van der Waals surface area contributed by atoms with Crippen LogP contribution in [0, 0.1) is 5.41 Å². The second-order valence-electron chi connectivity index (χ2n) is 4.24. The third-order valence-corrected chi connectivity index (χ3v) is 4.01. The maximum atomic E-state index is 12.1. The molecule has 2 rings (SSSR count). The first-order valence-electron chi connectivity index (χ1n) is 5.46. The van der Waals surface area contributed by atoms with Crippen LogP contribution in [-0.2, 0) is 11.3 Å². The van der Waals surface area contributed by atoms with Gasteiger partial charge in [-0.25, -0.2) is 0 Å². The van der Waals surface area contributed by atoms with Crippen molar-refractivity contribution in [2.45, 2.75) is 25.8 Å². The van der Waals surface area contributed by atoms with E-state index in [4.69, 9.17) is 10.9 Å². The predicted octanol–water partition coefficient (Wildman–Crippen LogP) is 1.28. The van der Waals surface area contributed by atoms with Gasteiger partial charge in [-0.2, -0.15) is 11.3 Å². The molecule has 6 heteroatoms. The van der Waals surface area contributed by atoms with Gasteiger partial charge in [0.15, 0.2) is 5.84 Å². The van der Waals surface area contributed by atoms with Crippen molar-refractivity contribution in [1.82, 2.24) is 5.32 Å². The van der Waals surface area contributed by atoms with Crippen LogP contribution >= 0.6 is 11.3 Å². The maximum absolute atomic E-state index is 12.1. The van der Waals surface area contributed by atoms with Crippen LogP contribution in [0.5, 0.6) is 0 Å².